The quantitative estimate of drug-likeness (QED) is 0.740. The molecule has 0 saturated carbocycles. The predicted octanol–water partition coefficient (Wildman–Crippen LogP) is 3.48. The standard InChI is InChI=1S/C12H18F2O2/c1-9-4-2-3-5-10(8-11(15)16)12(13,14)7-6-9/h6-7,9-10H,2-5,8H2,1H3,(H,15,16)/b7-6-. The van der Waals surface area contributed by atoms with E-state index in [1.165, 1.54) is 6.08 Å². The van der Waals surface area contributed by atoms with Crippen molar-refractivity contribution in [2.75, 3.05) is 0 Å². The summed E-state index contributed by atoms with van der Waals surface area (Å²) in [6.45, 7) is 1.91. The van der Waals surface area contributed by atoms with Crippen molar-refractivity contribution in [1.82, 2.24) is 0 Å². The van der Waals surface area contributed by atoms with E-state index in [2.05, 4.69) is 0 Å². The van der Waals surface area contributed by atoms with Crippen LogP contribution in [0.25, 0.3) is 0 Å². The van der Waals surface area contributed by atoms with Gasteiger partial charge in [-0.25, -0.2) is 8.78 Å². The molecule has 0 spiro atoms. The summed E-state index contributed by atoms with van der Waals surface area (Å²) >= 11 is 0. The predicted molar refractivity (Wildman–Crippen MR) is 57.5 cm³/mol. The van der Waals surface area contributed by atoms with Gasteiger partial charge in [-0.2, -0.15) is 0 Å². The van der Waals surface area contributed by atoms with E-state index in [1.54, 1.807) is 0 Å². The van der Waals surface area contributed by atoms with Crippen LogP contribution in [0.5, 0.6) is 0 Å². The van der Waals surface area contributed by atoms with Crippen molar-refractivity contribution in [3.05, 3.63) is 12.2 Å². The minimum absolute atomic E-state index is 0.148. The second-order valence-corrected chi connectivity index (χ2v) is 4.59. The van der Waals surface area contributed by atoms with Crippen LogP contribution in [0.1, 0.15) is 39.0 Å². The van der Waals surface area contributed by atoms with Gasteiger partial charge in [-0.1, -0.05) is 25.8 Å². The molecule has 2 atom stereocenters. The maximum absolute atomic E-state index is 13.7. The first-order chi connectivity index (χ1) is 7.42. The highest BCUT2D eigenvalue weighted by atomic mass is 19.3. The number of carbonyl (C=O) groups is 1. The molecule has 1 N–H and O–H groups in total. The zero-order valence-corrected chi connectivity index (χ0v) is 9.46. The molecule has 0 aliphatic heterocycles. The summed E-state index contributed by atoms with van der Waals surface area (Å²) < 4.78 is 27.3. The molecule has 92 valence electrons. The van der Waals surface area contributed by atoms with Crippen LogP contribution in [0, 0.1) is 11.8 Å². The molecule has 1 aliphatic carbocycles. The van der Waals surface area contributed by atoms with E-state index in [-0.39, 0.29) is 12.3 Å². The van der Waals surface area contributed by atoms with E-state index >= 15 is 0 Å². The zero-order chi connectivity index (χ0) is 12.2. The number of rotatable bonds is 2. The molecule has 0 amide bonds. The molecule has 0 radical (unpaired) electrons. The van der Waals surface area contributed by atoms with Gasteiger partial charge in [-0.15, -0.1) is 0 Å². The van der Waals surface area contributed by atoms with Gasteiger partial charge in [0.05, 0.1) is 6.42 Å². The largest absolute Gasteiger partial charge is 0.481 e. The van der Waals surface area contributed by atoms with Gasteiger partial charge in [0.2, 0.25) is 0 Å². The van der Waals surface area contributed by atoms with Crippen molar-refractivity contribution < 1.29 is 18.7 Å². The van der Waals surface area contributed by atoms with Gasteiger partial charge in [-0.3, -0.25) is 4.79 Å². The number of hydrogen-bond acceptors (Lipinski definition) is 1. The van der Waals surface area contributed by atoms with Gasteiger partial charge >= 0.3 is 5.97 Å². The molecule has 0 saturated heterocycles. The van der Waals surface area contributed by atoms with Crippen LogP contribution < -0.4 is 0 Å². The Morgan fingerprint density at radius 1 is 1.44 bits per heavy atom. The normalized spacial score (nSPS) is 32.2. The van der Waals surface area contributed by atoms with Crippen LogP contribution in [-0.4, -0.2) is 17.0 Å². The molecule has 0 bridgehead atoms. The van der Waals surface area contributed by atoms with Crippen molar-refractivity contribution in [2.24, 2.45) is 11.8 Å². The zero-order valence-electron chi connectivity index (χ0n) is 9.46. The van der Waals surface area contributed by atoms with Crippen LogP contribution in [0.4, 0.5) is 8.78 Å². The lowest BCUT2D eigenvalue weighted by Gasteiger charge is -2.22. The topological polar surface area (TPSA) is 37.3 Å². The van der Waals surface area contributed by atoms with E-state index < -0.39 is 24.2 Å². The minimum Gasteiger partial charge on any atom is -0.481 e. The van der Waals surface area contributed by atoms with Crippen LogP contribution in [0.15, 0.2) is 12.2 Å². The van der Waals surface area contributed by atoms with Crippen molar-refractivity contribution in [2.45, 2.75) is 45.0 Å². The van der Waals surface area contributed by atoms with Gasteiger partial charge in [0, 0.05) is 5.92 Å². The number of hydrogen-bond donors (Lipinski definition) is 1. The number of alkyl halides is 2. The van der Waals surface area contributed by atoms with Crippen LogP contribution in [-0.2, 0) is 4.79 Å². The third-order valence-corrected chi connectivity index (χ3v) is 3.07. The first kappa shape index (κ1) is 13.1. The second-order valence-electron chi connectivity index (χ2n) is 4.59. The summed E-state index contributed by atoms with van der Waals surface area (Å²) in [5, 5.41) is 8.62. The van der Waals surface area contributed by atoms with Crippen molar-refractivity contribution in [1.29, 1.82) is 0 Å². The SMILES string of the molecule is CC1/C=C\C(F)(F)C(CC(=O)O)CCCC1. The molecule has 16 heavy (non-hydrogen) atoms. The minimum atomic E-state index is -2.99. The molecule has 1 rings (SSSR count). The highest BCUT2D eigenvalue weighted by Gasteiger charge is 2.38. The molecule has 2 unspecified atom stereocenters. The smallest absolute Gasteiger partial charge is 0.303 e. The number of carboxylic acids is 1. The van der Waals surface area contributed by atoms with E-state index in [9.17, 15) is 13.6 Å². The summed E-state index contributed by atoms with van der Waals surface area (Å²) in [7, 11) is 0. The fourth-order valence-electron chi connectivity index (χ4n) is 2.02. The van der Waals surface area contributed by atoms with Crippen molar-refractivity contribution >= 4 is 5.97 Å². The summed E-state index contributed by atoms with van der Waals surface area (Å²) in [4.78, 5) is 10.5. The van der Waals surface area contributed by atoms with E-state index in [0.29, 0.717) is 6.42 Å². The lowest BCUT2D eigenvalue weighted by atomic mass is 9.92. The number of aliphatic carboxylic acids is 1. The summed E-state index contributed by atoms with van der Waals surface area (Å²) in [5.41, 5.74) is 0. The lowest BCUT2D eigenvalue weighted by molar-refractivity contribution is -0.141. The first-order valence-electron chi connectivity index (χ1n) is 5.71. The van der Waals surface area contributed by atoms with E-state index in [1.807, 2.05) is 6.92 Å². The molecule has 0 aromatic carbocycles. The molecular weight excluding hydrogens is 214 g/mol. The Morgan fingerprint density at radius 2 is 2.06 bits per heavy atom. The van der Waals surface area contributed by atoms with Gasteiger partial charge in [0.15, 0.2) is 0 Å². The highest BCUT2D eigenvalue weighted by Crippen LogP contribution is 2.35. The molecule has 2 nitrogen and oxygen atoms in total. The van der Waals surface area contributed by atoms with Gasteiger partial charge < -0.3 is 5.11 Å². The maximum atomic E-state index is 13.7. The Kier molecular flexibility index (Phi) is 4.44. The summed E-state index contributed by atoms with van der Waals surface area (Å²) in [6.07, 6.45) is 4.71. The van der Waals surface area contributed by atoms with Crippen LogP contribution in [0.2, 0.25) is 0 Å². The Morgan fingerprint density at radius 3 is 2.69 bits per heavy atom. The van der Waals surface area contributed by atoms with Gasteiger partial charge in [0.1, 0.15) is 0 Å². The third kappa shape index (κ3) is 3.91. The average Bonchev–Trinajstić information content (AvgIpc) is 2.23. The van der Waals surface area contributed by atoms with Crippen molar-refractivity contribution in [3.8, 4) is 0 Å². The number of carboxylic acid groups (broad SMARTS) is 1. The van der Waals surface area contributed by atoms with E-state index in [0.717, 1.165) is 18.9 Å². The Hall–Kier alpha value is -0.930. The summed E-state index contributed by atoms with van der Waals surface area (Å²) in [6, 6.07) is 0. The third-order valence-electron chi connectivity index (χ3n) is 3.07. The average molecular weight is 232 g/mol. The highest BCUT2D eigenvalue weighted by molar-refractivity contribution is 5.67. The molecule has 0 aromatic heterocycles. The molecular formula is C12H18F2O2. The first-order valence-corrected chi connectivity index (χ1v) is 5.71. The van der Waals surface area contributed by atoms with Crippen LogP contribution in [0.3, 0.4) is 0 Å². The fourth-order valence-corrected chi connectivity index (χ4v) is 2.02. The van der Waals surface area contributed by atoms with Gasteiger partial charge in [0.25, 0.3) is 5.92 Å². The lowest BCUT2D eigenvalue weighted by Crippen LogP contribution is -2.28. The molecule has 4 heteroatoms. The van der Waals surface area contributed by atoms with Crippen molar-refractivity contribution in [3.63, 3.8) is 0 Å². The van der Waals surface area contributed by atoms with E-state index in [4.69, 9.17) is 5.11 Å². The second kappa shape index (κ2) is 5.41. The Labute approximate surface area is 94.3 Å². The maximum Gasteiger partial charge on any atom is 0.303 e. The van der Waals surface area contributed by atoms with Crippen LogP contribution >= 0.6 is 0 Å². The molecule has 1 aliphatic rings. The summed E-state index contributed by atoms with van der Waals surface area (Å²) in [5.74, 6) is -5.05. The molecule has 0 heterocycles. The Bertz CT molecular complexity index is 274. The Balaban J connectivity index is 2.78. The molecule has 0 aromatic rings. The number of halogens is 2. The fraction of sp³-hybridized carbons (Fsp3) is 0.750. The van der Waals surface area contributed by atoms with Gasteiger partial charge in [-0.05, 0) is 24.8 Å². The molecule has 0 fully saturated rings. The number of allylic oxidation sites excluding steroid dienone is 2. The monoisotopic (exact) mass is 232 g/mol.